The summed E-state index contributed by atoms with van der Waals surface area (Å²) >= 11 is 0. The van der Waals surface area contributed by atoms with E-state index in [0.29, 0.717) is 32.3 Å². The van der Waals surface area contributed by atoms with Gasteiger partial charge in [0.2, 0.25) is 0 Å². The number of methoxy groups -OCH3 is 1. The molecule has 2 rings (SSSR count). The Hall–Kier alpha value is -1.96. The van der Waals surface area contributed by atoms with E-state index in [9.17, 15) is 19.8 Å². The Morgan fingerprint density at radius 1 is 1.15 bits per heavy atom. The summed E-state index contributed by atoms with van der Waals surface area (Å²) in [5, 5.41) is 22.3. The van der Waals surface area contributed by atoms with Gasteiger partial charge in [-0.15, -0.1) is 0 Å². The van der Waals surface area contributed by atoms with Crippen molar-refractivity contribution in [1.82, 2.24) is 5.32 Å². The smallest absolute Gasteiger partial charge is 0.309 e. The lowest BCUT2D eigenvalue weighted by molar-refractivity contribution is -0.163. The van der Waals surface area contributed by atoms with Gasteiger partial charge in [0.1, 0.15) is 5.60 Å². The second-order valence-corrected chi connectivity index (χ2v) is 9.94. The molecule has 1 aromatic rings. The summed E-state index contributed by atoms with van der Waals surface area (Å²) < 4.78 is 10.5. The summed E-state index contributed by atoms with van der Waals surface area (Å²) in [7, 11) is 3.42. The van der Waals surface area contributed by atoms with Crippen molar-refractivity contribution < 1.29 is 29.3 Å². The van der Waals surface area contributed by atoms with E-state index in [2.05, 4.69) is 5.32 Å². The van der Waals surface area contributed by atoms with E-state index in [1.807, 2.05) is 65.1 Å². The molecular weight excluding hydrogens is 422 g/mol. The quantitative estimate of drug-likeness (QED) is 0.441. The Morgan fingerprint density at radius 3 is 2.18 bits per heavy atom. The minimum atomic E-state index is -0.786. The molecule has 0 amide bonds. The predicted octanol–water partition coefficient (Wildman–Crippen LogP) is 4.34. The molecule has 0 spiro atoms. The molecule has 0 aromatic heterocycles. The first-order valence-electron chi connectivity index (χ1n) is 11.8. The maximum absolute atomic E-state index is 12.3. The maximum Gasteiger partial charge on any atom is 0.309 e. The number of aliphatic hydroxyl groups excluding tert-OH is 1. The van der Waals surface area contributed by atoms with Gasteiger partial charge in [-0.2, -0.15) is 0 Å². The molecule has 1 fully saturated rings. The molecule has 7 heteroatoms. The molecule has 0 saturated heterocycles. The number of rotatable bonds is 10. The number of benzene rings is 1. The number of hydrogen-bond donors (Lipinski definition) is 3. The summed E-state index contributed by atoms with van der Waals surface area (Å²) in [6.45, 7) is 7.85. The van der Waals surface area contributed by atoms with Crippen LogP contribution in [0.1, 0.15) is 77.9 Å². The fraction of sp³-hybridized carbons (Fsp3) is 0.692. The van der Waals surface area contributed by atoms with Gasteiger partial charge in [-0.3, -0.25) is 9.59 Å². The van der Waals surface area contributed by atoms with Gasteiger partial charge in [0.15, 0.2) is 0 Å². The Balaban J connectivity index is 0.000000383. The number of aliphatic carboxylic acids is 1. The van der Waals surface area contributed by atoms with Crippen molar-refractivity contribution in [2.75, 3.05) is 20.8 Å². The third kappa shape index (κ3) is 9.82. The molecule has 7 nitrogen and oxygen atoms in total. The number of likely N-dealkylation sites (N-methyl/N-ethyl adjacent to an activating group) is 1. The van der Waals surface area contributed by atoms with E-state index in [0.717, 1.165) is 18.4 Å². The lowest BCUT2D eigenvalue weighted by Crippen LogP contribution is -2.36. The molecule has 1 aliphatic rings. The zero-order chi connectivity index (χ0) is 25.1. The van der Waals surface area contributed by atoms with E-state index < -0.39 is 29.0 Å². The highest BCUT2D eigenvalue weighted by atomic mass is 16.6. The Morgan fingerprint density at radius 2 is 1.73 bits per heavy atom. The monoisotopic (exact) mass is 465 g/mol. The van der Waals surface area contributed by atoms with Crippen LogP contribution in [0, 0.1) is 11.3 Å². The van der Waals surface area contributed by atoms with Gasteiger partial charge in [-0.1, -0.05) is 43.2 Å². The molecular formula is C26H43NO6. The fourth-order valence-corrected chi connectivity index (χ4v) is 4.07. The molecule has 1 aromatic carbocycles. The second-order valence-electron chi connectivity index (χ2n) is 9.94. The minimum absolute atomic E-state index is 0.0902. The summed E-state index contributed by atoms with van der Waals surface area (Å²) in [4.78, 5) is 24.0. The van der Waals surface area contributed by atoms with Crippen LogP contribution in [0.4, 0.5) is 0 Å². The largest absolute Gasteiger partial charge is 0.481 e. The Bertz CT molecular complexity index is 709. The Kier molecular flexibility index (Phi) is 12.0. The highest BCUT2D eigenvalue weighted by molar-refractivity contribution is 5.78. The average Bonchev–Trinajstić information content (AvgIpc) is 3.25. The van der Waals surface area contributed by atoms with Crippen LogP contribution in [0.15, 0.2) is 30.3 Å². The molecule has 0 heterocycles. The van der Waals surface area contributed by atoms with Crippen LogP contribution in [0.25, 0.3) is 0 Å². The van der Waals surface area contributed by atoms with Crippen molar-refractivity contribution in [3.05, 3.63) is 35.9 Å². The number of carboxylic acid groups (broad SMARTS) is 1. The second kappa shape index (κ2) is 13.7. The number of nitrogens with one attached hydrogen (secondary N) is 1. The number of hydrogen-bond acceptors (Lipinski definition) is 6. The van der Waals surface area contributed by atoms with Gasteiger partial charge in [0.25, 0.3) is 0 Å². The van der Waals surface area contributed by atoms with Gasteiger partial charge < -0.3 is 25.0 Å². The van der Waals surface area contributed by atoms with Gasteiger partial charge in [0.05, 0.1) is 17.4 Å². The third-order valence-electron chi connectivity index (χ3n) is 6.13. The number of aliphatic hydroxyl groups is 1. The normalized spacial score (nSPS) is 17.9. The van der Waals surface area contributed by atoms with E-state index >= 15 is 0 Å². The van der Waals surface area contributed by atoms with Crippen molar-refractivity contribution >= 4 is 11.9 Å². The van der Waals surface area contributed by atoms with E-state index in [1.54, 1.807) is 7.11 Å². The van der Waals surface area contributed by atoms with Crippen molar-refractivity contribution in [2.24, 2.45) is 11.3 Å². The number of carbonyl (C=O) groups is 2. The number of carboxylic acids is 1. The minimum Gasteiger partial charge on any atom is -0.481 e. The number of carbonyl (C=O) groups excluding carboxylic acids is 1. The molecule has 1 saturated carbocycles. The zero-order valence-electron chi connectivity index (χ0n) is 21.1. The lowest BCUT2D eigenvalue weighted by Gasteiger charge is -2.30. The first-order valence-corrected chi connectivity index (χ1v) is 11.8. The summed E-state index contributed by atoms with van der Waals surface area (Å²) in [5.74, 6) is -1.52. The maximum atomic E-state index is 12.3. The molecule has 3 N–H and O–H groups in total. The first-order chi connectivity index (χ1) is 15.5. The molecule has 0 bridgehead atoms. The van der Waals surface area contributed by atoms with Crippen LogP contribution in [0.2, 0.25) is 0 Å². The average molecular weight is 466 g/mol. The molecule has 0 unspecified atom stereocenters. The van der Waals surface area contributed by atoms with Crippen molar-refractivity contribution in [3.8, 4) is 0 Å². The predicted molar refractivity (Wildman–Crippen MR) is 129 cm³/mol. The van der Waals surface area contributed by atoms with E-state index in [-0.39, 0.29) is 12.0 Å². The van der Waals surface area contributed by atoms with E-state index in [4.69, 9.17) is 9.47 Å². The third-order valence-corrected chi connectivity index (χ3v) is 6.13. The molecule has 3 atom stereocenters. The SMILES string of the molecule is CN[C@@H](C)[C@@H](O)c1ccccc1.COCC[C@H](CC1(C(=O)O)CCCC1)C(=O)OC(C)(C)C. The lowest BCUT2D eigenvalue weighted by atomic mass is 9.77. The molecule has 1 aliphatic carbocycles. The number of ether oxygens (including phenoxy) is 2. The van der Waals surface area contributed by atoms with Crippen LogP contribution >= 0.6 is 0 Å². The molecule has 188 valence electrons. The van der Waals surface area contributed by atoms with Gasteiger partial charge >= 0.3 is 11.9 Å². The summed E-state index contributed by atoms with van der Waals surface area (Å²) in [6.07, 6.45) is 3.55. The van der Waals surface area contributed by atoms with Gasteiger partial charge in [-0.25, -0.2) is 0 Å². The van der Waals surface area contributed by atoms with Crippen LogP contribution in [-0.2, 0) is 19.1 Å². The van der Waals surface area contributed by atoms with Crippen molar-refractivity contribution in [1.29, 1.82) is 0 Å². The molecule has 0 aliphatic heterocycles. The standard InChI is InChI=1S/C16H28O5.C10H15NO/c1-15(2,3)21-13(17)12(7-10-20-4)11-16(14(18)19)8-5-6-9-16;1-8(11-2)10(12)9-6-4-3-5-7-9/h12H,5-11H2,1-4H3,(H,18,19);3-8,10-12H,1-2H3/t12-;8-,10+/m10/s1. The Labute approximate surface area is 198 Å². The number of esters is 1. The van der Waals surface area contributed by atoms with Crippen LogP contribution in [0.5, 0.6) is 0 Å². The van der Waals surface area contributed by atoms with Crippen LogP contribution in [-0.4, -0.2) is 54.6 Å². The van der Waals surface area contributed by atoms with Crippen LogP contribution in [0.3, 0.4) is 0 Å². The summed E-state index contributed by atoms with van der Waals surface area (Å²) in [5.41, 5.74) is -0.372. The molecule has 33 heavy (non-hydrogen) atoms. The van der Waals surface area contributed by atoms with Gasteiger partial charge in [-0.05, 0) is 66.0 Å². The van der Waals surface area contributed by atoms with Crippen LogP contribution < -0.4 is 5.32 Å². The van der Waals surface area contributed by atoms with Crippen molar-refractivity contribution in [3.63, 3.8) is 0 Å². The van der Waals surface area contributed by atoms with Crippen molar-refractivity contribution in [2.45, 2.75) is 84.0 Å². The molecule has 0 radical (unpaired) electrons. The first kappa shape index (κ1) is 29.1. The highest BCUT2D eigenvalue weighted by Gasteiger charge is 2.44. The zero-order valence-corrected chi connectivity index (χ0v) is 21.1. The topological polar surface area (TPSA) is 105 Å². The summed E-state index contributed by atoms with van der Waals surface area (Å²) in [6, 6.07) is 9.76. The highest BCUT2D eigenvalue weighted by Crippen LogP contribution is 2.44. The fourth-order valence-electron chi connectivity index (χ4n) is 4.07. The van der Waals surface area contributed by atoms with Gasteiger partial charge in [0, 0.05) is 19.8 Å². The van der Waals surface area contributed by atoms with E-state index in [1.165, 1.54) is 0 Å².